The molecule has 1 aliphatic rings. The van der Waals surface area contributed by atoms with Gasteiger partial charge in [0.25, 0.3) is 5.56 Å². The predicted octanol–water partition coefficient (Wildman–Crippen LogP) is 6.08. The van der Waals surface area contributed by atoms with E-state index in [9.17, 15) is 28.3 Å². The fourth-order valence-corrected chi connectivity index (χ4v) is 6.17. The molecule has 1 aromatic heterocycles. The number of carbonyl (C=O) groups excluding carboxylic acids is 1. The Morgan fingerprint density at radius 3 is 2.31 bits per heavy atom. The Morgan fingerprint density at radius 2 is 1.71 bits per heavy atom. The van der Waals surface area contributed by atoms with E-state index in [-0.39, 0.29) is 30.5 Å². The van der Waals surface area contributed by atoms with Crippen LogP contribution in [0, 0.1) is 44.2 Å². The van der Waals surface area contributed by atoms with Crippen LogP contribution in [0.5, 0.6) is 0 Å². The molecule has 242 valence electrons. The zero-order valence-corrected chi connectivity index (χ0v) is 26.5. The van der Waals surface area contributed by atoms with Gasteiger partial charge in [-0.3, -0.25) is 18.8 Å². The van der Waals surface area contributed by atoms with Crippen LogP contribution in [0.25, 0.3) is 11.1 Å². The predicted molar refractivity (Wildman–Crippen MR) is 168 cm³/mol. The molecule has 2 atom stereocenters. The third-order valence-corrected chi connectivity index (χ3v) is 8.48. The third-order valence-electron chi connectivity index (χ3n) is 8.48. The van der Waals surface area contributed by atoms with Gasteiger partial charge in [-0.25, -0.2) is 8.78 Å². The highest BCUT2D eigenvalue weighted by atomic mass is 19.1. The minimum atomic E-state index is -1.26. The fraction of sp³-hybridized carbons (Fsp3) is 0.457. The lowest BCUT2D eigenvalue weighted by atomic mass is 9.90. The number of rotatable bonds is 13. The van der Waals surface area contributed by atoms with Crippen LogP contribution in [0.15, 0.2) is 47.4 Å². The zero-order valence-electron chi connectivity index (χ0n) is 26.5. The number of hydrogen-bond acceptors (Lipinski definition) is 4. The lowest BCUT2D eigenvalue weighted by Gasteiger charge is -2.37. The average molecular weight is 626 g/mol. The summed E-state index contributed by atoms with van der Waals surface area (Å²) in [6, 6.07) is 7.77. The number of hydrogen-bond donors (Lipinski definition) is 2. The number of aliphatic carboxylic acids is 1. The van der Waals surface area contributed by atoms with E-state index in [1.807, 2.05) is 50.8 Å². The van der Waals surface area contributed by atoms with Crippen molar-refractivity contribution in [2.75, 3.05) is 26.3 Å². The van der Waals surface area contributed by atoms with Crippen LogP contribution >= 0.6 is 0 Å². The van der Waals surface area contributed by atoms with E-state index in [4.69, 9.17) is 0 Å². The molecule has 2 aromatic carbocycles. The van der Waals surface area contributed by atoms with Gasteiger partial charge in [0.15, 0.2) is 5.82 Å². The quantitative estimate of drug-likeness (QED) is 0.240. The molecule has 45 heavy (non-hydrogen) atoms. The van der Waals surface area contributed by atoms with E-state index < -0.39 is 47.6 Å². The number of halogens is 3. The lowest BCUT2D eigenvalue weighted by molar-refractivity contribution is -0.138. The summed E-state index contributed by atoms with van der Waals surface area (Å²) in [4.78, 5) is 41.0. The van der Waals surface area contributed by atoms with Crippen LogP contribution in [-0.2, 0) is 16.0 Å². The molecule has 7 nitrogen and oxygen atoms in total. The summed E-state index contributed by atoms with van der Waals surface area (Å²) >= 11 is 0. The summed E-state index contributed by atoms with van der Waals surface area (Å²) in [5.74, 6) is -3.70. The number of aromatic nitrogens is 1. The van der Waals surface area contributed by atoms with Crippen molar-refractivity contribution in [1.29, 1.82) is 0 Å². The van der Waals surface area contributed by atoms with Crippen LogP contribution in [-0.4, -0.2) is 52.8 Å². The molecule has 0 bridgehead atoms. The highest BCUT2D eigenvalue weighted by Gasteiger charge is 2.30. The molecule has 3 aromatic rings. The van der Waals surface area contributed by atoms with Crippen LogP contribution < -0.4 is 10.9 Å². The molecule has 0 radical (unpaired) electrons. The summed E-state index contributed by atoms with van der Waals surface area (Å²) < 4.78 is 44.6. The number of pyridine rings is 1. The molecular weight excluding hydrogens is 583 g/mol. The molecule has 10 heteroatoms. The largest absolute Gasteiger partial charge is 0.481 e. The number of benzene rings is 2. The number of likely N-dealkylation sites (tertiary alicyclic amines) is 1. The maximum Gasteiger partial charge on any atom is 0.305 e. The summed E-state index contributed by atoms with van der Waals surface area (Å²) in [6.07, 6.45) is 1.40. The van der Waals surface area contributed by atoms with Gasteiger partial charge >= 0.3 is 5.97 Å². The molecule has 2 heterocycles. The Kier molecular flexibility index (Phi) is 10.9. The SMILES string of the molecule is Cc1cc(-c2c(C)cccc2C)cc([C@H](CC(=O)O)NC(=O)[C@@H](CC(C)C)n2cc(CCN3CC(CF)C3)cc(F)c2=O)c1F. The number of carboxylic acid groups (broad SMARTS) is 1. The molecule has 0 spiro atoms. The molecule has 0 unspecified atom stereocenters. The Bertz CT molecular complexity index is 1590. The highest BCUT2D eigenvalue weighted by molar-refractivity contribution is 5.82. The Balaban J connectivity index is 1.69. The Hall–Kier alpha value is -3.92. The van der Waals surface area contributed by atoms with Crippen LogP contribution in [0.1, 0.15) is 66.6 Å². The zero-order chi connectivity index (χ0) is 33.0. The number of alkyl halides is 1. The normalized spacial score (nSPS) is 15.1. The summed E-state index contributed by atoms with van der Waals surface area (Å²) in [5, 5.41) is 12.5. The number of nitrogens with zero attached hydrogens (tertiary/aromatic N) is 2. The first-order valence-electron chi connectivity index (χ1n) is 15.4. The van der Waals surface area contributed by atoms with E-state index in [0.717, 1.165) is 27.3 Å². The average Bonchev–Trinajstić information content (AvgIpc) is 2.93. The van der Waals surface area contributed by atoms with Crippen LogP contribution in [0.3, 0.4) is 0 Å². The van der Waals surface area contributed by atoms with Crippen LogP contribution in [0.4, 0.5) is 13.2 Å². The Morgan fingerprint density at radius 1 is 1.04 bits per heavy atom. The van der Waals surface area contributed by atoms with Crippen molar-refractivity contribution in [3.63, 3.8) is 0 Å². The van der Waals surface area contributed by atoms with Gasteiger partial charge in [0, 0.05) is 37.3 Å². The van der Waals surface area contributed by atoms with Crippen molar-refractivity contribution in [1.82, 2.24) is 14.8 Å². The third kappa shape index (κ3) is 8.03. The first kappa shape index (κ1) is 34.0. The number of nitrogens with one attached hydrogen (secondary N) is 1. The van der Waals surface area contributed by atoms with Gasteiger partial charge in [-0.15, -0.1) is 0 Å². The molecule has 1 amide bonds. The lowest BCUT2D eigenvalue weighted by Crippen LogP contribution is -2.48. The van der Waals surface area contributed by atoms with Crippen molar-refractivity contribution in [2.24, 2.45) is 11.8 Å². The number of carboxylic acids is 1. The molecule has 1 aliphatic heterocycles. The van der Waals surface area contributed by atoms with Gasteiger partial charge in [0.2, 0.25) is 5.91 Å². The van der Waals surface area contributed by atoms with Crippen LogP contribution in [0.2, 0.25) is 0 Å². The second-order valence-corrected chi connectivity index (χ2v) is 12.7. The molecule has 2 N–H and O–H groups in total. The maximum atomic E-state index is 15.7. The second kappa shape index (κ2) is 14.5. The van der Waals surface area contributed by atoms with Crippen molar-refractivity contribution in [3.05, 3.63) is 92.4 Å². The molecule has 0 saturated carbocycles. The van der Waals surface area contributed by atoms with E-state index in [1.54, 1.807) is 19.1 Å². The van der Waals surface area contributed by atoms with E-state index >= 15 is 4.39 Å². The first-order chi connectivity index (χ1) is 21.3. The number of amides is 1. The van der Waals surface area contributed by atoms with Crippen molar-refractivity contribution in [2.45, 2.75) is 66.0 Å². The second-order valence-electron chi connectivity index (χ2n) is 12.7. The monoisotopic (exact) mass is 625 g/mol. The van der Waals surface area contributed by atoms with Crippen molar-refractivity contribution >= 4 is 11.9 Å². The maximum absolute atomic E-state index is 15.7. The van der Waals surface area contributed by atoms with Gasteiger partial charge in [0.05, 0.1) is 19.1 Å². The van der Waals surface area contributed by atoms with Gasteiger partial charge < -0.3 is 19.9 Å². The highest BCUT2D eigenvalue weighted by Crippen LogP contribution is 2.33. The topological polar surface area (TPSA) is 91.6 Å². The van der Waals surface area contributed by atoms with E-state index in [0.29, 0.717) is 42.7 Å². The molecule has 1 fully saturated rings. The summed E-state index contributed by atoms with van der Waals surface area (Å²) in [5.41, 5.74) is 3.32. The van der Waals surface area contributed by atoms with Gasteiger partial charge in [-0.2, -0.15) is 0 Å². The molecular formula is C35H42F3N3O4. The molecule has 0 aliphatic carbocycles. The van der Waals surface area contributed by atoms with Crippen molar-refractivity contribution < 1.29 is 27.9 Å². The van der Waals surface area contributed by atoms with Crippen molar-refractivity contribution in [3.8, 4) is 11.1 Å². The minimum absolute atomic E-state index is 0.00335. The van der Waals surface area contributed by atoms with Gasteiger partial charge in [-0.1, -0.05) is 32.0 Å². The smallest absolute Gasteiger partial charge is 0.305 e. The summed E-state index contributed by atoms with van der Waals surface area (Å²) in [6.45, 7) is 10.5. The summed E-state index contributed by atoms with van der Waals surface area (Å²) in [7, 11) is 0. The molecule has 1 saturated heterocycles. The molecule has 4 rings (SSSR count). The van der Waals surface area contributed by atoms with Gasteiger partial charge in [-0.05, 0) is 91.1 Å². The standard InChI is InChI=1S/C35H42F3N3O4/c1-20(2)11-30(41-19-24(13-28(37)35(41)45)9-10-40-17-25(16-36)18-40)34(44)39-29(15-31(42)43)27-14-26(12-23(5)33(27)38)32-21(3)7-6-8-22(32)4/h6-8,12-14,19-20,25,29-30H,9-11,15-18H2,1-5H3,(H,39,44)(H,42,43)/t29-,30+/m0/s1. The van der Waals surface area contributed by atoms with E-state index in [2.05, 4.69) is 5.32 Å². The Labute approximate surface area is 262 Å². The first-order valence-corrected chi connectivity index (χ1v) is 15.4. The fourth-order valence-electron chi connectivity index (χ4n) is 6.17. The minimum Gasteiger partial charge on any atom is -0.481 e. The van der Waals surface area contributed by atoms with Gasteiger partial charge in [0.1, 0.15) is 11.9 Å². The number of aryl methyl sites for hydroxylation is 3. The number of carbonyl (C=O) groups is 2. The van der Waals surface area contributed by atoms with E-state index in [1.165, 1.54) is 6.20 Å².